The predicted molar refractivity (Wildman–Crippen MR) is 117 cm³/mol. The average molecular weight is 374 g/mol. The van der Waals surface area contributed by atoms with Crippen molar-refractivity contribution in [2.24, 2.45) is 0 Å². The van der Waals surface area contributed by atoms with Gasteiger partial charge >= 0.3 is 0 Å². The minimum Gasteiger partial charge on any atom is -0.340 e. The summed E-state index contributed by atoms with van der Waals surface area (Å²) in [4.78, 5) is 16.8. The van der Waals surface area contributed by atoms with Gasteiger partial charge in [0.05, 0.1) is 5.56 Å². The van der Waals surface area contributed by atoms with Gasteiger partial charge in [-0.15, -0.1) is 0 Å². The quantitative estimate of drug-likeness (QED) is 0.531. The maximum atomic E-state index is 12.4. The lowest BCUT2D eigenvalue weighted by molar-refractivity contribution is 0.102. The largest absolute Gasteiger partial charge is 0.340 e. The highest BCUT2D eigenvalue weighted by molar-refractivity contribution is 6.04. The number of nitrogens with zero attached hydrogens (tertiary/aromatic N) is 1. The molecule has 0 aliphatic carbocycles. The van der Waals surface area contributed by atoms with Crippen LogP contribution in [-0.4, -0.2) is 10.9 Å². The third kappa shape index (κ3) is 4.97. The summed E-state index contributed by atoms with van der Waals surface area (Å²) in [5.74, 6) is 1.51. The summed E-state index contributed by atoms with van der Waals surface area (Å²) in [5, 5.41) is 6.17. The molecule has 1 heterocycles. The number of aromatic nitrogens is 1. The van der Waals surface area contributed by atoms with Crippen molar-refractivity contribution < 1.29 is 4.79 Å². The van der Waals surface area contributed by atoms with E-state index in [-0.39, 0.29) is 5.91 Å². The zero-order chi connectivity index (χ0) is 20.1. The van der Waals surface area contributed by atoms with Gasteiger partial charge in [-0.25, -0.2) is 4.98 Å². The van der Waals surface area contributed by atoms with Gasteiger partial charge in [0.2, 0.25) is 0 Å². The molecule has 28 heavy (non-hydrogen) atoms. The van der Waals surface area contributed by atoms with Gasteiger partial charge in [0.25, 0.3) is 5.91 Å². The Morgan fingerprint density at radius 3 is 1.75 bits per heavy atom. The SMILES string of the molecule is CC(C)c1ccc(NC(=O)c2ccc(Nc3ccc(C(C)C)cc3)nc2)cc1. The molecule has 3 rings (SSSR count). The molecule has 0 unspecified atom stereocenters. The Morgan fingerprint density at radius 1 is 0.750 bits per heavy atom. The van der Waals surface area contributed by atoms with Crippen molar-refractivity contribution in [1.82, 2.24) is 4.98 Å². The fourth-order valence-corrected chi connectivity index (χ4v) is 2.86. The minimum atomic E-state index is -0.169. The van der Waals surface area contributed by atoms with Gasteiger partial charge < -0.3 is 10.6 Å². The highest BCUT2D eigenvalue weighted by Crippen LogP contribution is 2.20. The highest BCUT2D eigenvalue weighted by atomic mass is 16.1. The number of anilines is 3. The first-order valence-electron chi connectivity index (χ1n) is 9.66. The Bertz CT molecular complexity index is 912. The van der Waals surface area contributed by atoms with E-state index in [1.54, 1.807) is 12.3 Å². The summed E-state index contributed by atoms with van der Waals surface area (Å²) in [6.07, 6.45) is 1.59. The first-order chi connectivity index (χ1) is 13.4. The summed E-state index contributed by atoms with van der Waals surface area (Å²) in [5.41, 5.74) is 4.82. The summed E-state index contributed by atoms with van der Waals surface area (Å²) in [6.45, 7) is 8.64. The lowest BCUT2D eigenvalue weighted by Crippen LogP contribution is -2.12. The lowest BCUT2D eigenvalue weighted by Gasteiger charge is -2.10. The molecule has 3 aromatic rings. The van der Waals surface area contributed by atoms with E-state index in [1.807, 2.05) is 42.5 Å². The number of pyridine rings is 1. The molecule has 4 nitrogen and oxygen atoms in total. The zero-order valence-corrected chi connectivity index (χ0v) is 16.9. The molecule has 2 N–H and O–H groups in total. The molecule has 144 valence electrons. The molecule has 4 heteroatoms. The van der Waals surface area contributed by atoms with E-state index in [0.717, 1.165) is 11.4 Å². The Hall–Kier alpha value is -3.14. The molecule has 0 aliphatic rings. The molecule has 2 aromatic carbocycles. The van der Waals surface area contributed by atoms with Crippen LogP contribution in [0.3, 0.4) is 0 Å². The van der Waals surface area contributed by atoms with Gasteiger partial charge in [0.1, 0.15) is 5.82 Å². The maximum Gasteiger partial charge on any atom is 0.257 e. The standard InChI is InChI=1S/C24H27N3O/c1-16(2)18-5-10-21(11-6-18)26-23-14-9-20(15-25-23)24(28)27-22-12-7-19(8-13-22)17(3)4/h5-17H,1-4H3,(H,25,26)(H,27,28). The Morgan fingerprint density at radius 2 is 1.29 bits per heavy atom. The van der Waals surface area contributed by atoms with Crippen molar-refractivity contribution in [2.45, 2.75) is 39.5 Å². The van der Waals surface area contributed by atoms with Crippen LogP contribution in [0.2, 0.25) is 0 Å². The normalized spacial score (nSPS) is 10.9. The second-order valence-electron chi connectivity index (χ2n) is 7.56. The molecule has 1 aromatic heterocycles. The van der Waals surface area contributed by atoms with Crippen LogP contribution >= 0.6 is 0 Å². The second kappa shape index (κ2) is 8.70. The number of hydrogen-bond donors (Lipinski definition) is 2. The molecule has 0 aliphatic heterocycles. The van der Waals surface area contributed by atoms with E-state index in [1.165, 1.54) is 11.1 Å². The summed E-state index contributed by atoms with van der Waals surface area (Å²) in [7, 11) is 0. The number of carbonyl (C=O) groups is 1. The van der Waals surface area contributed by atoms with Crippen molar-refractivity contribution in [2.75, 3.05) is 10.6 Å². The van der Waals surface area contributed by atoms with E-state index >= 15 is 0 Å². The molecule has 0 fully saturated rings. The molecular formula is C24H27N3O. The minimum absolute atomic E-state index is 0.169. The summed E-state index contributed by atoms with van der Waals surface area (Å²) >= 11 is 0. The van der Waals surface area contributed by atoms with Gasteiger partial charge in [-0.3, -0.25) is 4.79 Å². The van der Waals surface area contributed by atoms with E-state index in [9.17, 15) is 4.79 Å². The number of rotatable bonds is 6. The Balaban J connectivity index is 1.62. The monoisotopic (exact) mass is 373 g/mol. The summed E-state index contributed by atoms with van der Waals surface area (Å²) in [6, 6.07) is 19.8. The predicted octanol–water partition coefficient (Wildman–Crippen LogP) is 6.32. The molecule has 1 amide bonds. The third-order valence-corrected chi connectivity index (χ3v) is 4.71. The number of carbonyl (C=O) groups excluding carboxylic acids is 1. The van der Waals surface area contributed by atoms with Crippen molar-refractivity contribution in [3.63, 3.8) is 0 Å². The van der Waals surface area contributed by atoms with Gasteiger partial charge in [-0.05, 0) is 59.4 Å². The molecule has 0 saturated heterocycles. The van der Waals surface area contributed by atoms with Crippen LogP contribution < -0.4 is 10.6 Å². The molecular weight excluding hydrogens is 346 g/mol. The van der Waals surface area contributed by atoms with Gasteiger partial charge in [0.15, 0.2) is 0 Å². The highest BCUT2D eigenvalue weighted by Gasteiger charge is 2.08. The van der Waals surface area contributed by atoms with Crippen molar-refractivity contribution >= 4 is 23.1 Å². The van der Waals surface area contributed by atoms with Gasteiger partial charge in [-0.2, -0.15) is 0 Å². The molecule has 0 atom stereocenters. The van der Waals surface area contributed by atoms with E-state index < -0.39 is 0 Å². The van der Waals surface area contributed by atoms with Crippen LogP contribution in [0.5, 0.6) is 0 Å². The molecule has 0 bridgehead atoms. The first kappa shape index (κ1) is 19.6. The smallest absolute Gasteiger partial charge is 0.257 e. The zero-order valence-electron chi connectivity index (χ0n) is 16.9. The summed E-state index contributed by atoms with van der Waals surface area (Å²) < 4.78 is 0. The van der Waals surface area contributed by atoms with E-state index in [2.05, 4.69) is 55.4 Å². The van der Waals surface area contributed by atoms with Crippen molar-refractivity contribution in [3.05, 3.63) is 83.6 Å². The maximum absolute atomic E-state index is 12.4. The fraction of sp³-hybridized carbons (Fsp3) is 0.250. The number of amides is 1. The first-order valence-corrected chi connectivity index (χ1v) is 9.66. The van der Waals surface area contributed by atoms with Crippen LogP contribution in [0.15, 0.2) is 66.9 Å². The van der Waals surface area contributed by atoms with Crippen LogP contribution in [0, 0.1) is 0 Å². The molecule has 0 saturated carbocycles. The number of nitrogens with one attached hydrogen (secondary N) is 2. The third-order valence-electron chi connectivity index (χ3n) is 4.71. The number of hydrogen-bond acceptors (Lipinski definition) is 3. The lowest BCUT2D eigenvalue weighted by atomic mass is 10.0. The topological polar surface area (TPSA) is 54.0 Å². The van der Waals surface area contributed by atoms with Crippen molar-refractivity contribution in [3.8, 4) is 0 Å². The van der Waals surface area contributed by atoms with Crippen LogP contribution in [0.4, 0.5) is 17.2 Å². The average Bonchev–Trinajstić information content (AvgIpc) is 2.69. The second-order valence-corrected chi connectivity index (χ2v) is 7.56. The Kier molecular flexibility index (Phi) is 6.09. The van der Waals surface area contributed by atoms with Gasteiger partial charge in [0, 0.05) is 17.6 Å². The number of benzene rings is 2. The van der Waals surface area contributed by atoms with E-state index in [4.69, 9.17) is 0 Å². The molecule has 0 spiro atoms. The fourth-order valence-electron chi connectivity index (χ4n) is 2.86. The van der Waals surface area contributed by atoms with Crippen LogP contribution in [0.1, 0.15) is 61.0 Å². The Labute approximate surface area is 167 Å². The molecule has 0 radical (unpaired) electrons. The van der Waals surface area contributed by atoms with E-state index in [0.29, 0.717) is 23.2 Å². The van der Waals surface area contributed by atoms with Crippen LogP contribution in [-0.2, 0) is 0 Å². The van der Waals surface area contributed by atoms with Crippen LogP contribution in [0.25, 0.3) is 0 Å². The van der Waals surface area contributed by atoms with Gasteiger partial charge in [-0.1, -0.05) is 52.0 Å². The van der Waals surface area contributed by atoms with Crippen molar-refractivity contribution in [1.29, 1.82) is 0 Å².